The van der Waals surface area contributed by atoms with Gasteiger partial charge in [0.1, 0.15) is 9.84 Å². The second kappa shape index (κ2) is 12.6. The molecule has 1 aromatic carbocycles. The molecule has 1 heterocycles. The lowest BCUT2D eigenvalue weighted by atomic mass is 10.1. The Kier molecular flexibility index (Phi) is 11.2. The molecule has 0 saturated carbocycles. The van der Waals surface area contributed by atoms with Crippen LogP contribution in [0.1, 0.15) is 37.8 Å². The number of hydrogen-bond acceptors (Lipinski definition) is 4. The van der Waals surface area contributed by atoms with Crippen molar-refractivity contribution >= 4 is 39.8 Å². The lowest BCUT2D eigenvalue weighted by molar-refractivity contribution is 0.251. The highest BCUT2D eigenvalue weighted by atomic mass is 127. The van der Waals surface area contributed by atoms with Crippen LogP contribution in [-0.4, -0.2) is 64.0 Å². The molecule has 0 aliphatic carbocycles. The quantitative estimate of drug-likeness (QED) is 0.232. The molecule has 27 heavy (non-hydrogen) atoms. The van der Waals surface area contributed by atoms with Crippen LogP contribution in [0, 0.1) is 0 Å². The van der Waals surface area contributed by atoms with E-state index >= 15 is 0 Å². The van der Waals surface area contributed by atoms with Gasteiger partial charge in [0, 0.05) is 19.3 Å². The van der Waals surface area contributed by atoms with Gasteiger partial charge in [0.15, 0.2) is 5.96 Å². The van der Waals surface area contributed by atoms with E-state index in [0.29, 0.717) is 19.5 Å². The van der Waals surface area contributed by atoms with Crippen LogP contribution in [0.15, 0.2) is 35.3 Å². The molecule has 1 aliphatic heterocycles. The Morgan fingerprint density at radius 3 is 2.44 bits per heavy atom. The molecule has 2 rings (SSSR count). The highest BCUT2D eigenvalue weighted by Gasteiger charge is 2.23. The van der Waals surface area contributed by atoms with Crippen molar-refractivity contribution in [3.05, 3.63) is 35.9 Å². The first kappa shape index (κ1) is 24.2. The van der Waals surface area contributed by atoms with Crippen molar-refractivity contribution in [3.63, 3.8) is 0 Å². The maximum atomic E-state index is 11.2. The van der Waals surface area contributed by atoms with E-state index in [0.717, 1.165) is 25.6 Å². The van der Waals surface area contributed by atoms with E-state index in [-0.39, 0.29) is 35.8 Å². The summed E-state index contributed by atoms with van der Waals surface area (Å²) in [6.07, 6.45) is 4.35. The van der Waals surface area contributed by atoms with Crippen LogP contribution in [0.2, 0.25) is 0 Å². The number of aliphatic imine (C=N–C) groups is 1. The molecule has 2 N–H and O–H groups in total. The summed E-state index contributed by atoms with van der Waals surface area (Å²) < 4.78 is 22.5. The molecular formula is C19H33IN4O2S. The van der Waals surface area contributed by atoms with Crippen LogP contribution < -0.4 is 10.6 Å². The van der Waals surface area contributed by atoms with Gasteiger partial charge in [0.05, 0.1) is 18.3 Å². The van der Waals surface area contributed by atoms with Crippen molar-refractivity contribution in [2.45, 2.75) is 32.2 Å². The zero-order valence-corrected chi connectivity index (χ0v) is 19.5. The minimum absolute atomic E-state index is 0. The van der Waals surface area contributed by atoms with Crippen LogP contribution in [0.5, 0.6) is 0 Å². The highest BCUT2D eigenvalue weighted by molar-refractivity contribution is 14.0. The van der Waals surface area contributed by atoms with Gasteiger partial charge in [-0.15, -0.1) is 24.0 Å². The summed E-state index contributed by atoms with van der Waals surface area (Å²) in [6.45, 7) is 6.32. The lowest BCUT2D eigenvalue weighted by Gasteiger charge is -2.27. The number of benzene rings is 1. The number of sulfone groups is 1. The first-order valence-electron chi connectivity index (χ1n) is 9.48. The molecule has 8 heteroatoms. The van der Waals surface area contributed by atoms with Gasteiger partial charge in [-0.2, -0.15) is 0 Å². The van der Waals surface area contributed by atoms with E-state index in [9.17, 15) is 8.42 Å². The second-order valence-corrected chi connectivity index (χ2v) is 9.06. The van der Waals surface area contributed by atoms with Gasteiger partial charge in [0.25, 0.3) is 0 Å². The molecule has 0 amide bonds. The molecule has 1 unspecified atom stereocenters. The fourth-order valence-corrected chi connectivity index (χ4v) is 3.89. The summed E-state index contributed by atoms with van der Waals surface area (Å²) in [7, 11) is -2.91. The van der Waals surface area contributed by atoms with E-state index in [2.05, 4.69) is 39.8 Å². The van der Waals surface area contributed by atoms with E-state index in [4.69, 9.17) is 4.99 Å². The van der Waals surface area contributed by atoms with Crippen LogP contribution in [0.3, 0.4) is 0 Å². The summed E-state index contributed by atoms with van der Waals surface area (Å²) in [4.78, 5) is 7.28. The normalized spacial score (nSPS) is 16.6. The van der Waals surface area contributed by atoms with Crippen LogP contribution in [0.4, 0.5) is 0 Å². The first-order chi connectivity index (χ1) is 12.5. The minimum Gasteiger partial charge on any atom is -0.357 e. The van der Waals surface area contributed by atoms with Crippen molar-refractivity contribution in [3.8, 4) is 0 Å². The van der Waals surface area contributed by atoms with E-state index < -0.39 is 9.84 Å². The number of rotatable bonds is 9. The van der Waals surface area contributed by atoms with Gasteiger partial charge < -0.3 is 10.6 Å². The summed E-state index contributed by atoms with van der Waals surface area (Å²) in [5, 5.41) is 6.50. The van der Waals surface area contributed by atoms with Gasteiger partial charge in [-0.25, -0.2) is 8.42 Å². The Bertz CT molecular complexity index is 662. The molecule has 1 aliphatic rings. The molecule has 1 aromatic rings. The summed E-state index contributed by atoms with van der Waals surface area (Å²) >= 11 is 0. The molecule has 0 aromatic heterocycles. The largest absolute Gasteiger partial charge is 0.357 e. The van der Waals surface area contributed by atoms with Crippen molar-refractivity contribution in [2.24, 2.45) is 4.99 Å². The predicted molar refractivity (Wildman–Crippen MR) is 124 cm³/mol. The van der Waals surface area contributed by atoms with Crippen LogP contribution in [-0.2, 0) is 9.84 Å². The number of hydrogen-bond donors (Lipinski definition) is 2. The van der Waals surface area contributed by atoms with Gasteiger partial charge >= 0.3 is 0 Å². The summed E-state index contributed by atoms with van der Waals surface area (Å²) in [6, 6.07) is 10.8. The highest BCUT2D eigenvalue weighted by Crippen LogP contribution is 2.25. The van der Waals surface area contributed by atoms with Crippen LogP contribution >= 0.6 is 24.0 Å². The Morgan fingerprint density at radius 2 is 1.85 bits per heavy atom. The predicted octanol–water partition coefficient (Wildman–Crippen LogP) is 2.43. The maximum Gasteiger partial charge on any atom is 0.191 e. The third-order valence-electron chi connectivity index (χ3n) is 4.52. The smallest absolute Gasteiger partial charge is 0.191 e. The monoisotopic (exact) mass is 508 g/mol. The Labute approximate surface area is 181 Å². The number of nitrogens with zero attached hydrogens (tertiary/aromatic N) is 2. The van der Waals surface area contributed by atoms with Gasteiger partial charge in [-0.1, -0.05) is 30.3 Å². The molecule has 0 radical (unpaired) electrons. The van der Waals surface area contributed by atoms with Crippen molar-refractivity contribution in [2.75, 3.05) is 44.7 Å². The molecule has 1 saturated heterocycles. The number of guanidine groups is 1. The topological polar surface area (TPSA) is 73.8 Å². The average molecular weight is 508 g/mol. The number of nitrogens with one attached hydrogen (secondary N) is 2. The van der Waals surface area contributed by atoms with Crippen molar-refractivity contribution < 1.29 is 8.42 Å². The molecular weight excluding hydrogens is 475 g/mol. The van der Waals surface area contributed by atoms with Gasteiger partial charge in [-0.05, 0) is 44.8 Å². The summed E-state index contributed by atoms with van der Waals surface area (Å²) in [5.74, 6) is 0.945. The molecule has 6 nitrogen and oxygen atoms in total. The molecule has 1 atom stereocenters. The van der Waals surface area contributed by atoms with E-state index in [1.165, 1.54) is 24.7 Å². The Morgan fingerprint density at radius 1 is 1.19 bits per heavy atom. The molecule has 0 spiro atoms. The third-order valence-corrected chi connectivity index (χ3v) is 5.55. The first-order valence-corrected chi connectivity index (χ1v) is 11.5. The number of halogens is 1. The number of likely N-dealkylation sites (tertiary alicyclic amines) is 1. The van der Waals surface area contributed by atoms with Crippen molar-refractivity contribution in [1.29, 1.82) is 0 Å². The fourth-order valence-electron chi connectivity index (χ4n) is 3.22. The fraction of sp³-hybridized carbons (Fsp3) is 0.632. The standard InChI is InChI=1S/C19H32N4O2S.HI/c1-3-20-19(21-12-9-15-26(2,24)25)22-16-18(23-13-7-8-14-23)17-10-5-4-6-11-17;/h4-6,10-11,18H,3,7-9,12-16H2,1-2H3,(H2,20,21,22);1H. The van der Waals surface area contributed by atoms with Crippen LogP contribution in [0.25, 0.3) is 0 Å². The lowest BCUT2D eigenvalue weighted by Crippen LogP contribution is -2.39. The Balaban J connectivity index is 0.00000364. The van der Waals surface area contributed by atoms with E-state index in [1.807, 2.05) is 13.0 Å². The minimum atomic E-state index is -2.91. The van der Waals surface area contributed by atoms with Crippen molar-refractivity contribution in [1.82, 2.24) is 15.5 Å². The molecule has 0 bridgehead atoms. The average Bonchev–Trinajstić information content (AvgIpc) is 3.13. The third kappa shape index (κ3) is 9.25. The molecule has 154 valence electrons. The zero-order chi connectivity index (χ0) is 18.8. The van der Waals surface area contributed by atoms with Gasteiger partial charge in [0.2, 0.25) is 0 Å². The zero-order valence-electron chi connectivity index (χ0n) is 16.4. The second-order valence-electron chi connectivity index (χ2n) is 6.80. The maximum absolute atomic E-state index is 11.2. The summed E-state index contributed by atoms with van der Waals surface area (Å²) in [5.41, 5.74) is 1.30. The Hall–Kier alpha value is -0.870. The SMILES string of the molecule is CCNC(=NCC(c1ccccc1)N1CCCC1)NCCCS(C)(=O)=O.I. The van der Waals surface area contributed by atoms with E-state index in [1.54, 1.807) is 0 Å². The molecule has 1 fully saturated rings. The van der Waals surface area contributed by atoms with Gasteiger partial charge in [-0.3, -0.25) is 9.89 Å².